The van der Waals surface area contributed by atoms with E-state index in [-0.39, 0.29) is 11.9 Å². The molecule has 1 aromatic carbocycles. The summed E-state index contributed by atoms with van der Waals surface area (Å²) in [5.74, 6) is 0.240. The molecule has 0 radical (unpaired) electrons. The van der Waals surface area contributed by atoms with Gasteiger partial charge in [0.2, 0.25) is 0 Å². The quantitative estimate of drug-likeness (QED) is 0.824. The fourth-order valence-electron chi connectivity index (χ4n) is 2.38. The van der Waals surface area contributed by atoms with Gasteiger partial charge in [-0.25, -0.2) is 4.39 Å². The molecule has 0 spiro atoms. The monoisotopic (exact) mass is 269 g/mol. The summed E-state index contributed by atoms with van der Waals surface area (Å²) in [7, 11) is 3.35. The minimum atomic E-state index is -0.446. The first-order valence-corrected chi connectivity index (χ1v) is 6.67. The topological polar surface area (TPSA) is 30.5 Å². The van der Waals surface area contributed by atoms with E-state index in [1.165, 1.54) is 13.2 Å². The van der Waals surface area contributed by atoms with Crippen LogP contribution in [0.15, 0.2) is 18.2 Å². The third kappa shape index (κ3) is 3.45. The number of benzene rings is 1. The number of ether oxygens (including phenoxy) is 2. The molecule has 0 heterocycles. The van der Waals surface area contributed by atoms with E-state index >= 15 is 0 Å². The first-order chi connectivity index (χ1) is 9.02. The van der Waals surface area contributed by atoms with Crippen LogP contribution in [0.3, 0.4) is 0 Å². The Bertz CT molecular complexity index is 411. The van der Waals surface area contributed by atoms with E-state index in [1.807, 2.05) is 27.8 Å². The molecule has 3 nitrogen and oxygen atoms in total. The van der Waals surface area contributed by atoms with Crippen molar-refractivity contribution in [2.45, 2.75) is 38.8 Å². The molecule has 19 heavy (non-hydrogen) atoms. The summed E-state index contributed by atoms with van der Waals surface area (Å²) in [6.45, 7) is 6.59. The van der Waals surface area contributed by atoms with Crippen LogP contribution in [0.5, 0.6) is 5.75 Å². The zero-order valence-corrected chi connectivity index (χ0v) is 12.4. The van der Waals surface area contributed by atoms with Gasteiger partial charge in [-0.1, -0.05) is 13.0 Å². The van der Waals surface area contributed by atoms with Gasteiger partial charge in [-0.05, 0) is 33.4 Å². The Morgan fingerprint density at radius 1 is 1.37 bits per heavy atom. The van der Waals surface area contributed by atoms with Crippen molar-refractivity contribution in [3.05, 3.63) is 29.6 Å². The predicted molar refractivity (Wildman–Crippen MR) is 75.1 cm³/mol. The molecule has 0 aliphatic rings. The summed E-state index contributed by atoms with van der Waals surface area (Å²) in [6, 6.07) is 4.72. The van der Waals surface area contributed by atoms with Crippen molar-refractivity contribution in [2.24, 2.45) is 0 Å². The van der Waals surface area contributed by atoms with Crippen LogP contribution in [0.4, 0.5) is 4.39 Å². The Hall–Kier alpha value is -1.13. The van der Waals surface area contributed by atoms with Gasteiger partial charge >= 0.3 is 0 Å². The molecule has 0 bridgehead atoms. The smallest absolute Gasteiger partial charge is 0.131 e. The zero-order valence-electron chi connectivity index (χ0n) is 12.4. The molecule has 0 fully saturated rings. The van der Waals surface area contributed by atoms with Crippen LogP contribution in [-0.2, 0) is 4.74 Å². The molecule has 0 amide bonds. The van der Waals surface area contributed by atoms with Crippen molar-refractivity contribution in [1.82, 2.24) is 5.32 Å². The SMILES string of the molecule is CCOC(C)(CC)C(NC)c1ccc(OC)cc1F. The van der Waals surface area contributed by atoms with Crippen LogP contribution in [-0.4, -0.2) is 26.4 Å². The highest BCUT2D eigenvalue weighted by Crippen LogP contribution is 2.34. The van der Waals surface area contributed by atoms with Crippen molar-refractivity contribution in [3.63, 3.8) is 0 Å². The average Bonchev–Trinajstić information content (AvgIpc) is 2.41. The number of nitrogens with one attached hydrogen (secondary N) is 1. The van der Waals surface area contributed by atoms with Crippen LogP contribution < -0.4 is 10.1 Å². The maximum absolute atomic E-state index is 14.2. The second-order valence-electron chi connectivity index (χ2n) is 4.71. The van der Waals surface area contributed by atoms with Gasteiger partial charge in [-0.3, -0.25) is 0 Å². The van der Waals surface area contributed by atoms with E-state index in [0.29, 0.717) is 17.9 Å². The molecule has 0 aromatic heterocycles. The highest BCUT2D eigenvalue weighted by atomic mass is 19.1. The Labute approximate surface area is 115 Å². The molecule has 0 aliphatic carbocycles. The Morgan fingerprint density at radius 2 is 2.05 bits per heavy atom. The van der Waals surface area contributed by atoms with Gasteiger partial charge in [0.1, 0.15) is 11.6 Å². The van der Waals surface area contributed by atoms with E-state index in [4.69, 9.17) is 9.47 Å². The fourth-order valence-corrected chi connectivity index (χ4v) is 2.38. The maximum Gasteiger partial charge on any atom is 0.131 e. The maximum atomic E-state index is 14.2. The van der Waals surface area contributed by atoms with Crippen LogP contribution in [0.1, 0.15) is 38.8 Å². The lowest BCUT2D eigenvalue weighted by molar-refractivity contribution is -0.0554. The highest BCUT2D eigenvalue weighted by molar-refractivity contribution is 5.32. The summed E-state index contributed by atoms with van der Waals surface area (Å²) in [6.07, 6.45) is 0.789. The Kier molecular flexibility index (Phi) is 5.76. The van der Waals surface area contributed by atoms with Crippen molar-refractivity contribution < 1.29 is 13.9 Å². The number of hydrogen-bond donors (Lipinski definition) is 1. The first kappa shape index (κ1) is 15.9. The van der Waals surface area contributed by atoms with Gasteiger partial charge in [-0.2, -0.15) is 0 Å². The summed E-state index contributed by atoms with van der Waals surface area (Å²) in [5.41, 5.74) is 0.153. The van der Waals surface area contributed by atoms with Gasteiger partial charge < -0.3 is 14.8 Å². The predicted octanol–water partition coefficient (Wildman–Crippen LogP) is 3.30. The number of hydrogen-bond acceptors (Lipinski definition) is 3. The minimum absolute atomic E-state index is 0.205. The Balaban J connectivity index is 3.15. The van der Waals surface area contributed by atoms with Gasteiger partial charge in [0.15, 0.2) is 0 Å². The van der Waals surface area contributed by atoms with Crippen molar-refractivity contribution in [3.8, 4) is 5.75 Å². The molecule has 0 saturated carbocycles. The lowest BCUT2D eigenvalue weighted by Crippen LogP contribution is -2.42. The molecule has 1 aromatic rings. The van der Waals surface area contributed by atoms with E-state index in [2.05, 4.69) is 5.32 Å². The molecule has 1 rings (SSSR count). The highest BCUT2D eigenvalue weighted by Gasteiger charge is 2.35. The van der Waals surface area contributed by atoms with Crippen LogP contribution >= 0.6 is 0 Å². The van der Waals surface area contributed by atoms with Crippen LogP contribution in [0.25, 0.3) is 0 Å². The molecule has 2 atom stereocenters. The van der Waals surface area contributed by atoms with Gasteiger partial charge in [-0.15, -0.1) is 0 Å². The molecular formula is C15H24FNO2. The van der Waals surface area contributed by atoms with Gasteiger partial charge in [0.05, 0.1) is 18.8 Å². The van der Waals surface area contributed by atoms with Crippen molar-refractivity contribution in [1.29, 1.82) is 0 Å². The largest absolute Gasteiger partial charge is 0.497 e. The average molecular weight is 269 g/mol. The normalized spacial score (nSPS) is 15.9. The summed E-state index contributed by atoms with van der Waals surface area (Å²) >= 11 is 0. The van der Waals surface area contributed by atoms with Crippen molar-refractivity contribution in [2.75, 3.05) is 20.8 Å². The molecular weight excluding hydrogens is 245 g/mol. The van der Waals surface area contributed by atoms with Crippen LogP contribution in [0, 0.1) is 5.82 Å². The second kappa shape index (κ2) is 6.87. The lowest BCUT2D eigenvalue weighted by atomic mass is 9.87. The van der Waals surface area contributed by atoms with Gasteiger partial charge in [0, 0.05) is 18.2 Å². The number of methoxy groups -OCH3 is 1. The molecule has 108 valence electrons. The summed E-state index contributed by atoms with van der Waals surface area (Å²) < 4.78 is 25.1. The molecule has 1 N–H and O–H groups in total. The van der Waals surface area contributed by atoms with E-state index < -0.39 is 5.60 Å². The molecule has 0 saturated heterocycles. The van der Waals surface area contributed by atoms with E-state index in [1.54, 1.807) is 12.1 Å². The summed E-state index contributed by atoms with van der Waals surface area (Å²) in [4.78, 5) is 0. The number of likely N-dealkylation sites (N-methyl/N-ethyl adjacent to an activating group) is 1. The lowest BCUT2D eigenvalue weighted by Gasteiger charge is -2.37. The van der Waals surface area contributed by atoms with E-state index in [0.717, 1.165) is 6.42 Å². The number of halogens is 1. The van der Waals surface area contributed by atoms with Gasteiger partial charge in [0.25, 0.3) is 0 Å². The zero-order chi connectivity index (χ0) is 14.5. The molecule has 0 aliphatic heterocycles. The molecule has 4 heteroatoms. The molecule has 2 unspecified atom stereocenters. The third-order valence-electron chi connectivity index (χ3n) is 3.59. The van der Waals surface area contributed by atoms with E-state index in [9.17, 15) is 4.39 Å². The third-order valence-corrected chi connectivity index (χ3v) is 3.59. The van der Waals surface area contributed by atoms with Crippen LogP contribution in [0.2, 0.25) is 0 Å². The Morgan fingerprint density at radius 3 is 2.47 bits per heavy atom. The summed E-state index contributed by atoms with van der Waals surface area (Å²) in [5, 5.41) is 3.17. The standard InChI is InChI=1S/C15H24FNO2/c1-6-15(3,19-7-2)14(17-4)12-9-8-11(18-5)10-13(12)16/h8-10,14,17H,6-7H2,1-5H3. The van der Waals surface area contributed by atoms with Crippen molar-refractivity contribution >= 4 is 0 Å². The first-order valence-electron chi connectivity index (χ1n) is 6.67. The minimum Gasteiger partial charge on any atom is -0.497 e. The number of rotatable bonds is 7. The fraction of sp³-hybridized carbons (Fsp3) is 0.600. The second-order valence-corrected chi connectivity index (χ2v) is 4.71.